The predicted octanol–water partition coefficient (Wildman–Crippen LogP) is 4.92. The number of nitrogens with one attached hydrogen (secondary N) is 1. The van der Waals surface area contributed by atoms with E-state index in [0.29, 0.717) is 36.5 Å². The normalized spacial score (nSPS) is 14.0. The fourth-order valence-electron chi connectivity index (χ4n) is 3.60. The Balaban J connectivity index is 0.00000341. The van der Waals surface area contributed by atoms with E-state index in [1.807, 2.05) is 11.8 Å². The van der Waals surface area contributed by atoms with Gasteiger partial charge in [0.1, 0.15) is 17.5 Å². The Labute approximate surface area is 182 Å². The van der Waals surface area contributed by atoms with Gasteiger partial charge in [-0.2, -0.15) is 0 Å². The lowest BCUT2D eigenvalue weighted by Gasteiger charge is -2.36. The zero-order valence-corrected chi connectivity index (χ0v) is 17.2. The SMILES string of the molecule is C.CCCC(=O)N1CCC(N(C)C(=O)Nc2ccc(-c3cc(F)cc(F)c3)cn2)CC1. The fraction of sp³-hybridized carbons (Fsp3) is 0.435. The highest BCUT2D eigenvalue weighted by Gasteiger charge is 2.27. The zero-order valence-electron chi connectivity index (χ0n) is 17.2. The van der Waals surface area contributed by atoms with Crippen molar-refractivity contribution in [1.82, 2.24) is 14.8 Å². The van der Waals surface area contributed by atoms with Gasteiger partial charge in [0.25, 0.3) is 0 Å². The monoisotopic (exact) mass is 432 g/mol. The van der Waals surface area contributed by atoms with Crippen LogP contribution in [0.1, 0.15) is 40.0 Å². The Bertz CT molecular complexity index is 877. The molecule has 31 heavy (non-hydrogen) atoms. The lowest BCUT2D eigenvalue weighted by Crippen LogP contribution is -2.48. The van der Waals surface area contributed by atoms with E-state index in [4.69, 9.17) is 0 Å². The van der Waals surface area contributed by atoms with Crippen LogP contribution in [-0.4, -0.2) is 52.9 Å². The van der Waals surface area contributed by atoms with Gasteiger partial charge >= 0.3 is 6.03 Å². The Morgan fingerprint density at radius 1 is 1.13 bits per heavy atom. The minimum atomic E-state index is -0.661. The summed E-state index contributed by atoms with van der Waals surface area (Å²) in [6, 6.07) is 6.26. The molecule has 1 aromatic carbocycles. The Morgan fingerprint density at radius 2 is 1.77 bits per heavy atom. The molecule has 1 N–H and O–H groups in total. The summed E-state index contributed by atoms with van der Waals surface area (Å²) in [5, 5.41) is 2.74. The van der Waals surface area contributed by atoms with Crippen LogP contribution in [0, 0.1) is 11.6 Å². The number of urea groups is 1. The minimum Gasteiger partial charge on any atom is -0.343 e. The molecule has 1 aliphatic heterocycles. The van der Waals surface area contributed by atoms with Crippen molar-refractivity contribution in [3.8, 4) is 11.1 Å². The summed E-state index contributed by atoms with van der Waals surface area (Å²) in [6.07, 6.45) is 4.32. The first kappa shape index (κ1) is 24.2. The van der Waals surface area contributed by atoms with E-state index >= 15 is 0 Å². The molecule has 168 valence electrons. The average molecular weight is 433 g/mol. The summed E-state index contributed by atoms with van der Waals surface area (Å²) in [7, 11) is 1.73. The topological polar surface area (TPSA) is 65.5 Å². The van der Waals surface area contributed by atoms with Crippen molar-refractivity contribution in [3.63, 3.8) is 0 Å². The lowest BCUT2D eigenvalue weighted by atomic mass is 10.0. The Kier molecular flexibility index (Phi) is 8.47. The van der Waals surface area contributed by atoms with Crippen LogP contribution in [0.15, 0.2) is 36.5 Å². The molecule has 1 fully saturated rings. The number of pyridine rings is 1. The molecule has 3 rings (SSSR count). The molecule has 8 heteroatoms. The van der Waals surface area contributed by atoms with Crippen LogP contribution < -0.4 is 5.32 Å². The van der Waals surface area contributed by atoms with Crippen molar-refractivity contribution in [1.29, 1.82) is 0 Å². The van der Waals surface area contributed by atoms with Gasteiger partial charge < -0.3 is 9.80 Å². The van der Waals surface area contributed by atoms with Crippen LogP contribution in [0.2, 0.25) is 0 Å². The molecule has 0 spiro atoms. The van der Waals surface area contributed by atoms with E-state index in [1.54, 1.807) is 24.1 Å². The van der Waals surface area contributed by atoms with Crippen LogP contribution in [-0.2, 0) is 4.79 Å². The van der Waals surface area contributed by atoms with Crippen LogP contribution in [0.3, 0.4) is 0 Å². The molecular formula is C23H30F2N4O2. The van der Waals surface area contributed by atoms with E-state index < -0.39 is 11.6 Å². The molecule has 3 amide bonds. The summed E-state index contributed by atoms with van der Waals surface area (Å²) in [4.78, 5) is 32.3. The number of carbonyl (C=O) groups excluding carboxylic acids is 2. The quantitative estimate of drug-likeness (QED) is 0.730. The highest BCUT2D eigenvalue weighted by Crippen LogP contribution is 2.22. The van der Waals surface area contributed by atoms with Crippen molar-refractivity contribution < 1.29 is 18.4 Å². The lowest BCUT2D eigenvalue weighted by molar-refractivity contribution is -0.132. The Hall–Kier alpha value is -3.03. The largest absolute Gasteiger partial charge is 0.343 e. The van der Waals surface area contributed by atoms with E-state index in [-0.39, 0.29) is 25.4 Å². The summed E-state index contributed by atoms with van der Waals surface area (Å²) < 4.78 is 26.8. The average Bonchev–Trinajstić information content (AvgIpc) is 2.73. The summed E-state index contributed by atoms with van der Waals surface area (Å²) in [6.45, 7) is 3.29. The van der Waals surface area contributed by atoms with Gasteiger partial charge in [-0.1, -0.05) is 14.4 Å². The second kappa shape index (κ2) is 10.8. The van der Waals surface area contributed by atoms with Gasteiger partial charge in [0, 0.05) is 50.4 Å². The molecule has 0 atom stereocenters. The van der Waals surface area contributed by atoms with E-state index in [9.17, 15) is 18.4 Å². The zero-order chi connectivity index (χ0) is 21.7. The van der Waals surface area contributed by atoms with Gasteiger partial charge in [-0.25, -0.2) is 18.6 Å². The number of nitrogens with zero attached hydrogens (tertiary/aromatic N) is 3. The first-order valence-electron chi connectivity index (χ1n) is 10.1. The minimum absolute atomic E-state index is 0. The number of amides is 3. The summed E-state index contributed by atoms with van der Waals surface area (Å²) in [5.74, 6) is -0.800. The van der Waals surface area contributed by atoms with Crippen LogP contribution in [0.25, 0.3) is 11.1 Å². The van der Waals surface area contributed by atoms with Gasteiger partial charge in [0.2, 0.25) is 5.91 Å². The van der Waals surface area contributed by atoms with Gasteiger partial charge in [-0.05, 0) is 49.1 Å². The predicted molar refractivity (Wildman–Crippen MR) is 118 cm³/mol. The number of piperidine rings is 1. The molecule has 0 radical (unpaired) electrons. The first-order chi connectivity index (χ1) is 14.4. The van der Waals surface area contributed by atoms with Crippen LogP contribution in [0.4, 0.5) is 19.4 Å². The van der Waals surface area contributed by atoms with E-state index in [2.05, 4.69) is 10.3 Å². The molecule has 0 aliphatic carbocycles. The maximum absolute atomic E-state index is 13.4. The van der Waals surface area contributed by atoms with Crippen molar-refractivity contribution in [2.75, 3.05) is 25.5 Å². The van der Waals surface area contributed by atoms with Crippen molar-refractivity contribution in [2.24, 2.45) is 0 Å². The summed E-state index contributed by atoms with van der Waals surface area (Å²) >= 11 is 0. The van der Waals surface area contributed by atoms with Crippen LogP contribution >= 0.6 is 0 Å². The molecule has 0 unspecified atom stereocenters. The van der Waals surface area contributed by atoms with Gasteiger partial charge in [-0.3, -0.25) is 10.1 Å². The number of halogens is 2. The molecule has 1 saturated heterocycles. The van der Waals surface area contributed by atoms with Crippen LogP contribution in [0.5, 0.6) is 0 Å². The molecule has 0 bridgehead atoms. The van der Waals surface area contributed by atoms with Gasteiger partial charge in [0.15, 0.2) is 0 Å². The number of hydrogen-bond donors (Lipinski definition) is 1. The maximum atomic E-state index is 13.4. The molecule has 2 heterocycles. The maximum Gasteiger partial charge on any atom is 0.323 e. The molecule has 6 nitrogen and oxygen atoms in total. The number of hydrogen-bond acceptors (Lipinski definition) is 3. The van der Waals surface area contributed by atoms with Gasteiger partial charge in [0.05, 0.1) is 0 Å². The number of aromatic nitrogens is 1. The van der Waals surface area contributed by atoms with Crippen molar-refractivity contribution >= 4 is 17.8 Å². The Morgan fingerprint density at radius 3 is 2.32 bits per heavy atom. The van der Waals surface area contributed by atoms with Crippen molar-refractivity contribution in [2.45, 2.75) is 46.1 Å². The third-order valence-corrected chi connectivity index (χ3v) is 5.34. The highest BCUT2D eigenvalue weighted by molar-refractivity contribution is 5.88. The number of likely N-dealkylation sites (tertiary alicyclic amines) is 1. The fourth-order valence-corrected chi connectivity index (χ4v) is 3.60. The standard InChI is InChI=1S/C22H26F2N4O2.CH4/c1-3-4-21(29)28-9-7-19(8-10-28)27(2)22(30)26-20-6-5-15(14-25-20)16-11-17(23)13-18(24)12-16;/h5-6,11-14,19H,3-4,7-10H2,1-2H3,(H,25,26,30);1H4. The number of benzene rings is 1. The molecule has 1 aliphatic rings. The second-order valence-electron chi connectivity index (χ2n) is 7.49. The first-order valence-corrected chi connectivity index (χ1v) is 10.1. The van der Waals surface area contributed by atoms with Crippen molar-refractivity contribution in [3.05, 3.63) is 48.2 Å². The molecule has 1 aromatic heterocycles. The molecule has 0 saturated carbocycles. The smallest absolute Gasteiger partial charge is 0.323 e. The number of rotatable bonds is 5. The summed E-state index contributed by atoms with van der Waals surface area (Å²) in [5.41, 5.74) is 0.920. The van der Waals surface area contributed by atoms with E-state index in [0.717, 1.165) is 25.3 Å². The highest BCUT2D eigenvalue weighted by atomic mass is 19.1. The second-order valence-corrected chi connectivity index (χ2v) is 7.49. The number of carbonyl (C=O) groups is 2. The van der Waals surface area contributed by atoms with E-state index in [1.165, 1.54) is 18.3 Å². The number of anilines is 1. The third-order valence-electron chi connectivity index (χ3n) is 5.34. The third kappa shape index (κ3) is 6.23. The molecule has 2 aromatic rings. The molecular weight excluding hydrogens is 402 g/mol. The van der Waals surface area contributed by atoms with Gasteiger partial charge in [-0.15, -0.1) is 0 Å².